The van der Waals surface area contributed by atoms with Gasteiger partial charge in [0.1, 0.15) is 5.82 Å². The molecule has 0 aliphatic carbocycles. The number of nitrogens with one attached hydrogen (secondary N) is 1. The van der Waals surface area contributed by atoms with E-state index in [0.29, 0.717) is 19.5 Å². The van der Waals surface area contributed by atoms with Crippen molar-refractivity contribution < 1.29 is 4.79 Å². The predicted molar refractivity (Wildman–Crippen MR) is 122 cm³/mol. The van der Waals surface area contributed by atoms with Crippen LogP contribution in [0.5, 0.6) is 0 Å². The van der Waals surface area contributed by atoms with Crippen molar-refractivity contribution in [2.45, 2.75) is 60.4 Å². The highest BCUT2D eigenvalue weighted by Gasteiger charge is 2.25. The fourth-order valence-electron chi connectivity index (χ4n) is 3.40. The van der Waals surface area contributed by atoms with Crippen molar-refractivity contribution in [1.29, 1.82) is 0 Å². The summed E-state index contributed by atoms with van der Waals surface area (Å²) in [6, 6.07) is 8.19. The van der Waals surface area contributed by atoms with Crippen LogP contribution in [0, 0.1) is 11.8 Å². The molecule has 164 valence electrons. The van der Waals surface area contributed by atoms with Gasteiger partial charge in [-0.05, 0) is 35.8 Å². The summed E-state index contributed by atoms with van der Waals surface area (Å²) in [5.41, 5.74) is 7.44. The summed E-state index contributed by atoms with van der Waals surface area (Å²) in [5, 5.41) is 0. The standard InChI is InChI=1S/C23H34N4O3/c1-6-17-7-9-18(10-8-17)11-12-19(28)26(13-15(2)3)20-21(24)27(14-16(4)5)23(30)25-22(20)29/h7-10,15-16H,6,11-14,24H2,1-5H3,(H,25,29,30). The minimum absolute atomic E-state index is 0.0405. The van der Waals surface area contributed by atoms with Gasteiger partial charge in [-0.1, -0.05) is 58.9 Å². The Hall–Kier alpha value is -2.83. The topological polar surface area (TPSA) is 101 Å². The lowest BCUT2D eigenvalue weighted by molar-refractivity contribution is -0.118. The van der Waals surface area contributed by atoms with Crippen LogP contribution in [0.25, 0.3) is 0 Å². The quantitative estimate of drug-likeness (QED) is 0.659. The van der Waals surface area contributed by atoms with Crippen LogP contribution in [0.3, 0.4) is 0 Å². The maximum Gasteiger partial charge on any atom is 0.330 e. The third-order valence-electron chi connectivity index (χ3n) is 4.94. The van der Waals surface area contributed by atoms with Crippen LogP contribution in [0.1, 0.15) is 52.2 Å². The van der Waals surface area contributed by atoms with Gasteiger partial charge in [0.25, 0.3) is 5.56 Å². The molecule has 0 saturated heterocycles. The molecule has 1 heterocycles. The second kappa shape index (κ2) is 10.3. The Labute approximate surface area is 177 Å². The molecule has 3 N–H and O–H groups in total. The smallest absolute Gasteiger partial charge is 0.330 e. The number of nitrogens with zero attached hydrogens (tertiary/aromatic N) is 2. The Morgan fingerprint density at radius 1 is 1.07 bits per heavy atom. The Morgan fingerprint density at radius 2 is 1.67 bits per heavy atom. The van der Waals surface area contributed by atoms with Crippen LogP contribution >= 0.6 is 0 Å². The van der Waals surface area contributed by atoms with Gasteiger partial charge in [0.2, 0.25) is 5.91 Å². The molecule has 0 aliphatic heterocycles. The maximum absolute atomic E-state index is 13.1. The van der Waals surface area contributed by atoms with Gasteiger partial charge in [0.15, 0.2) is 5.69 Å². The number of rotatable bonds is 9. The van der Waals surface area contributed by atoms with Crippen molar-refractivity contribution in [3.05, 3.63) is 56.2 Å². The molecule has 0 aliphatic rings. The van der Waals surface area contributed by atoms with Crippen LogP contribution in [-0.4, -0.2) is 22.0 Å². The zero-order chi connectivity index (χ0) is 22.4. The molecule has 1 amide bonds. The van der Waals surface area contributed by atoms with Gasteiger partial charge >= 0.3 is 5.69 Å². The van der Waals surface area contributed by atoms with E-state index in [4.69, 9.17) is 5.73 Å². The van der Waals surface area contributed by atoms with E-state index in [1.54, 1.807) is 0 Å². The number of carbonyl (C=O) groups excluding carboxylic acids is 1. The SMILES string of the molecule is CCc1ccc(CCC(=O)N(CC(C)C)c2c(N)n(CC(C)C)c(=O)[nH]c2=O)cc1. The van der Waals surface area contributed by atoms with Crippen LogP contribution in [-0.2, 0) is 24.2 Å². The number of hydrogen-bond acceptors (Lipinski definition) is 4. The zero-order valence-electron chi connectivity index (χ0n) is 18.7. The van der Waals surface area contributed by atoms with E-state index in [1.807, 2.05) is 39.8 Å². The zero-order valence-corrected chi connectivity index (χ0v) is 18.7. The molecule has 30 heavy (non-hydrogen) atoms. The maximum atomic E-state index is 13.1. The molecule has 0 unspecified atom stereocenters. The van der Waals surface area contributed by atoms with E-state index in [2.05, 4.69) is 24.0 Å². The summed E-state index contributed by atoms with van der Waals surface area (Å²) in [5.74, 6) is 0.139. The monoisotopic (exact) mass is 414 g/mol. The van der Waals surface area contributed by atoms with Crippen molar-refractivity contribution in [2.75, 3.05) is 17.2 Å². The molecular weight excluding hydrogens is 380 g/mol. The average Bonchev–Trinajstić information content (AvgIpc) is 2.68. The van der Waals surface area contributed by atoms with Gasteiger partial charge in [0, 0.05) is 19.5 Å². The van der Waals surface area contributed by atoms with Crippen molar-refractivity contribution in [3.63, 3.8) is 0 Å². The number of anilines is 2. The van der Waals surface area contributed by atoms with Crippen LogP contribution in [0.15, 0.2) is 33.9 Å². The second-order valence-electron chi connectivity index (χ2n) is 8.57. The summed E-state index contributed by atoms with van der Waals surface area (Å²) in [4.78, 5) is 41.8. The Morgan fingerprint density at radius 3 is 2.20 bits per heavy atom. The van der Waals surface area contributed by atoms with Gasteiger partial charge < -0.3 is 10.6 Å². The molecule has 0 atom stereocenters. The molecule has 1 aromatic carbocycles. The Balaban J connectivity index is 2.35. The number of aryl methyl sites for hydroxylation is 2. The average molecular weight is 415 g/mol. The molecular formula is C23H34N4O3. The first-order chi connectivity index (χ1) is 14.1. The van der Waals surface area contributed by atoms with E-state index < -0.39 is 11.2 Å². The molecule has 0 bridgehead atoms. The van der Waals surface area contributed by atoms with E-state index >= 15 is 0 Å². The lowest BCUT2D eigenvalue weighted by atomic mass is 10.1. The Bertz CT molecular complexity index is 971. The number of H-pyrrole nitrogens is 1. The van der Waals surface area contributed by atoms with E-state index in [-0.39, 0.29) is 35.7 Å². The van der Waals surface area contributed by atoms with Gasteiger partial charge in [-0.25, -0.2) is 4.79 Å². The molecule has 1 aromatic heterocycles. The molecule has 0 fully saturated rings. The lowest BCUT2D eigenvalue weighted by Crippen LogP contribution is -2.43. The molecule has 7 nitrogen and oxygen atoms in total. The summed E-state index contributed by atoms with van der Waals surface area (Å²) < 4.78 is 1.34. The van der Waals surface area contributed by atoms with Crippen molar-refractivity contribution in [3.8, 4) is 0 Å². The first-order valence-electron chi connectivity index (χ1n) is 10.6. The highest BCUT2D eigenvalue weighted by atomic mass is 16.2. The summed E-state index contributed by atoms with van der Waals surface area (Å²) in [6.45, 7) is 10.7. The molecule has 0 saturated carbocycles. The number of hydrogen-bond donors (Lipinski definition) is 2. The third-order valence-corrected chi connectivity index (χ3v) is 4.94. The first kappa shape index (κ1) is 23.4. The number of benzene rings is 1. The van der Waals surface area contributed by atoms with Crippen molar-refractivity contribution >= 4 is 17.4 Å². The van der Waals surface area contributed by atoms with Gasteiger partial charge in [0.05, 0.1) is 0 Å². The van der Waals surface area contributed by atoms with Crippen molar-refractivity contribution in [2.24, 2.45) is 11.8 Å². The summed E-state index contributed by atoms with van der Waals surface area (Å²) in [6.07, 6.45) is 1.79. The molecule has 2 rings (SSSR count). The van der Waals surface area contributed by atoms with Crippen LogP contribution < -0.4 is 21.9 Å². The van der Waals surface area contributed by atoms with Crippen LogP contribution in [0.2, 0.25) is 0 Å². The van der Waals surface area contributed by atoms with E-state index in [0.717, 1.165) is 12.0 Å². The molecule has 0 radical (unpaired) electrons. The second-order valence-corrected chi connectivity index (χ2v) is 8.57. The van der Waals surface area contributed by atoms with E-state index in [1.165, 1.54) is 15.0 Å². The van der Waals surface area contributed by atoms with Gasteiger partial charge in [-0.2, -0.15) is 0 Å². The lowest BCUT2D eigenvalue weighted by Gasteiger charge is -2.26. The summed E-state index contributed by atoms with van der Waals surface area (Å²) in [7, 11) is 0. The predicted octanol–water partition coefficient (Wildman–Crippen LogP) is 2.96. The van der Waals surface area contributed by atoms with Gasteiger partial charge in [-0.3, -0.25) is 19.1 Å². The first-order valence-corrected chi connectivity index (χ1v) is 10.6. The molecule has 2 aromatic rings. The molecule has 0 spiro atoms. The number of aromatic amines is 1. The molecule has 7 heteroatoms. The van der Waals surface area contributed by atoms with Gasteiger partial charge in [-0.15, -0.1) is 0 Å². The Kier molecular flexibility index (Phi) is 8.03. The normalized spacial score (nSPS) is 11.3. The fourth-order valence-corrected chi connectivity index (χ4v) is 3.40. The minimum Gasteiger partial charge on any atom is -0.383 e. The highest BCUT2D eigenvalue weighted by Crippen LogP contribution is 2.21. The fraction of sp³-hybridized carbons (Fsp3) is 0.522. The van der Waals surface area contributed by atoms with Crippen molar-refractivity contribution in [1.82, 2.24) is 9.55 Å². The van der Waals surface area contributed by atoms with E-state index in [9.17, 15) is 14.4 Å². The number of nitrogen functional groups attached to an aromatic ring is 1. The third kappa shape index (κ3) is 5.84. The largest absolute Gasteiger partial charge is 0.383 e. The summed E-state index contributed by atoms with van der Waals surface area (Å²) >= 11 is 0. The van der Waals surface area contributed by atoms with Crippen LogP contribution in [0.4, 0.5) is 11.5 Å². The number of nitrogens with two attached hydrogens (primary N) is 1. The highest BCUT2D eigenvalue weighted by molar-refractivity contribution is 5.95. The number of carbonyl (C=O) groups is 1. The number of amides is 1. The number of aromatic nitrogens is 2. The minimum atomic E-state index is -0.626.